The average Bonchev–Trinajstić information content (AvgIpc) is 2.74. The highest BCUT2D eigenvalue weighted by Gasteiger charge is 2.10. The molecular formula is C14H17NOS. The fourth-order valence-electron chi connectivity index (χ4n) is 1.76. The van der Waals surface area contributed by atoms with Gasteiger partial charge in [0, 0.05) is 5.56 Å². The lowest BCUT2D eigenvalue weighted by Crippen LogP contribution is -1.89. The van der Waals surface area contributed by atoms with Gasteiger partial charge in [-0.2, -0.15) is 0 Å². The number of aromatic nitrogens is 1. The SMILES string of the molecule is CCCc1nc(-c2ccc(C)cc2)sc1CO. The van der Waals surface area contributed by atoms with Crippen molar-refractivity contribution in [3.05, 3.63) is 40.4 Å². The van der Waals surface area contributed by atoms with E-state index in [0.29, 0.717) is 0 Å². The van der Waals surface area contributed by atoms with E-state index >= 15 is 0 Å². The summed E-state index contributed by atoms with van der Waals surface area (Å²) in [7, 11) is 0. The third-order valence-electron chi connectivity index (χ3n) is 2.71. The van der Waals surface area contributed by atoms with Crippen molar-refractivity contribution >= 4 is 11.3 Å². The fraction of sp³-hybridized carbons (Fsp3) is 0.357. The molecule has 2 rings (SSSR count). The predicted octanol–water partition coefficient (Wildman–Crippen LogP) is 3.56. The molecule has 0 spiro atoms. The number of hydrogen-bond donors (Lipinski definition) is 1. The molecule has 0 aliphatic rings. The van der Waals surface area contributed by atoms with Crippen LogP contribution >= 0.6 is 11.3 Å². The zero-order chi connectivity index (χ0) is 12.3. The maximum Gasteiger partial charge on any atom is 0.123 e. The van der Waals surface area contributed by atoms with Crippen molar-refractivity contribution in [2.45, 2.75) is 33.3 Å². The molecule has 90 valence electrons. The highest BCUT2D eigenvalue weighted by atomic mass is 32.1. The Labute approximate surface area is 106 Å². The number of aliphatic hydroxyl groups excluding tert-OH is 1. The van der Waals surface area contributed by atoms with Crippen LogP contribution in [-0.4, -0.2) is 10.1 Å². The van der Waals surface area contributed by atoms with Crippen LogP contribution in [0.25, 0.3) is 10.6 Å². The van der Waals surface area contributed by atoms with Crippen LogP contribution in [0.2, 0.25) is 0 Å². The summed E-state index contributed by atoms with van der Waals surface area (Å²) in [4.78, 5) is 5.63. The highest BCUT2D eigenvalue weighted by molar-refractivity contribution is 7.15. The third kappa shape index (κ3) is 2.73. The zero-order valence-electron chi connectivity index (χ0n) is 10.2. The van der Waals surface area contributed by atoms with E-state index in [0.717, 1.165) is 34.0 Å². The first kappa shape index (κ1) is 12.3. The van der Waals surface area contributed by atoms with Crippen molar-refractivity contribution in [1.82, 2.24) is 4.98 Å². The Bertz CT molecular complexity index is 487. The van der Waals surface area contributed by atoms with Crippen LogP contribution in [0.1, 0.15) is 29.5 Å². The fourth-order valence-corrected chi connectivity index (χ4v) is 2.73. The molecule has 3 heteroatoms. The van der Waals surface area contributed by atoms with Crippen LogP contribution in [0.5, 0.6) is 0 Å². The summed E-state index contributed by atoms with van der Waals surface area (Å²) in [5.74, 6) is 0. The Morgan fingerprint density at radius 1 is 1.24 bits per heavy atom. The molecule has 0 radical (unpaired) electrons. The number of thiazole rings is 1. The van der Waals surface area contributed by atoms with Gasteiger partial charge < -0.3 is 5.11 Å². The second-order valence-corrected chi connectivity index (χ2v) is 5.25. The largest absolute Gasteiger partial charge is 0.391 e. The van der Waals surface area contributed by atoms with E-state index in [1.807, 2.05) is 0 Å². The van der Waals surface area contributed by atoms with E-state index in [2.05, 4.69) is 43.1 Å². The lowest BCUT2D eigenvalue weighted by atomic mass is 10.1. The molecule has 1 aromatic carbocycles. The Balaban J connectivity index is 2.35. The molecule has 17 heavy (non-hydrogen) atoms. The van der Waals surface area contributed by atoms with Gasteiger partial charge in [-0.05, 0) is 13.3 Å². The molecule has 0 saturated carbocycles. The third-order valence-corrected chi connectivity index (χ3v) is 3.84. The minimum absolute atomic E-state index is 0.0961. The maximum absolute atomic E-state index is 9.32. The smallest absolute Gasteiger partial charge is 0.123 e. The van der Waals surface area contributed by atoms with E-state index in [1.165, 1.54) is 5.56 Å². The summed E-state index contributed by atoms with van der Waals surface area (Å²) < 4.78 is 0. The standard InChI is InChI=1S/C14H17NOS/c1-3-4-12-13(9-16)17-14(15-12)11-7-5-10(2)6-8-11/h5-8,16H,3-4,9H2,1-2H3. The molecule has 0 saturated heterocycles. The number of nitrogens with zero attached hydrogens (tertiary/aromatic N) is 1. The van der Waals surface area contributed by atoms with E-state index in [4.69, 9.17) is 0 Å². The Morgan fingerprint density at radius 2 is 1.94 bits per heavy atom. The van der Waals surface area contributed by atoms with Gasteiger partial charge in [-0.1, -0.05) is 43.2 Å². The van der Waals surface area contributed by atoms with Crippen molar-refractivity contribution in [2.75, 3.05) is 0 Å². The van der Waals surface area contributed by atoms with Crippen molar-refractivity contribution in [2.24, 2.45) is 0 Å². The van der Waals surface area contributed by atoms with Gasteiger partial charge in [-0.15, -0.1) is 11.3 Å². The first-order valence-electron chi connectivity index (χ1n) is 5.91. The Kier molecular flexibility index (Phi) is 3.92. The number of hydrogen-bond acceptors (Lipinski definition) is 3. The zero-order valence-corrected chi connectivity index (χ0v) is 11.0. The summed E-state index contributed by atoms with van der Waals surface area (Å²) >= 11 is 1.60. The molecule has 1 N–H and O–H groups in total. The monoisotopic (exact) mass is 247 g/mol. The molecule has 2 nitrogen and oxygen atoms in total. The van der Waals surface area contributed by atoms with Crippen LogP contribution in [0.4, 0.5) is 0 Å². The first-order chi connectivity index (χ1) is 8.24. The number of rotatable bonds is 4. The second-order valence-electron chi connectivity index (χ2n) is 4.16. The van der Waals surface area contributed by atoms with Gasteiger partial charge in [0.25, 0.3) is 0 Å². The summed E-state index contributed by atoms with van der Waals surface area (Å²) in [6, 6.07) is 8.36. The van der Waals surface area contributed by atoms with Gasteiger partial charge in [0.2, 0.25) is 0 Å². The minimum Gasteiger partial charge on any atom is -0.391 e. The summed E-state index contributed by atoms with van der Waals surface area (Å²) in [5, 5.41) is 10.3. The number of benzene rings is 1. The van der Waals surface area contributed by atoms with Gasteiger partial charge in [-0.3, -0.25) is 0 Å². The van der Waals surface area contributed by atoms with Crippen molar-refractivity contribution in [3.8, 4) is 10.6 Å². The molecule has 0 fully saturated rings. The van der Waals surface area contributed by atoms with E-state index in [1.54, 1.807) is 11.3 Å². The van der Waals surface area contributed by atoms with Gasteiger partial charge in [-0.25, -0.2) is 4.98 Å². The van der Waals surface area contributed by atoms with Crippen LogP contribution < -0.4 is 0 Å². The van der Waals surface area contributed by atoms with Crippen molar-refractivity contribution < 1.29 is 5.11 Å². The van der Waals surface area contributed by atoms with Gasteiger partial charge in [0.1, 0.15) is 5.01 Å². The lowest BCUT2D eigenvalue weighted by molar-refractivity contribution is 0.284. The minimum atomic E-state index is 0.0961. The highest BCUT2D eigenvalue weighted by Crippen LogP contribution is 2.29. The summed E-state index contributed by atoms with van der Waals surface area (Å²) in [6.07, 6.45) is 2.00. The topological polar surface area (TPSA) is 33.1 Å². The molecule has 0 bridgehead atoms. The molecule has 0 aliphatic carbocycles. The van der Waals surface area contributed by atoms with Crippen LogP contribution in [0.15, 0.2) is 24.3 Å². The molecule has 0 aliphatic heterocycles. The lowest BCUT2D eigenvalue weighted by Gasteiger charge is -1.96. The summed E-state index contributed by atoms with van der Waals surface area (Å²) in [5.41, 5.74) is 3.44. The Hall–Kier alpha value is -1.19. The molecule has 1 aromatic heterocycles. The van der Waals surface area contributed by atoms with E-state index < -0.39 is 0 Å². The maximum atomic E-state index is 9.32. The van der Waals surface area contributed by atoms with Crippen LogP contribution in [0, 0.1) is 6.92 Å². The molecule has 1 heterocycles. The van der Waals surface area contributed by atoms with Crippen LogP contribution in [0.3, 0.4) is 0 Å². The number of aliphatic hydroxyl groups is 1. The normalized spacial score (nSPS) is 10.8. The first-order valence-corrected chi connectivity index (χ1v) is 6.72. The molecule has 2 aromatic rings. The van der Waals surface area contributed by atoms with Gasteiger partial charge in [0.15, 0.2) is 0 Å². The molecule has 0 amide bonds. The van der Waals surface area contributed by atoms with E-state index in [-0.39, 0.29) is 6.61 Å². The second kappa shape index (κ2) is 5.43. The van der Waals surface area contributed by atoms with Crippen molar-refractivity contribution in [1.29, 1.82) is 0 Å². The quantitative estimate of drug-likeness (QED) is 0.896. The molecular weight excluding hydrogens is 230 g/mol. The van der Waals surface area contributed by atoms with Gasteiger partial charge >= 0.3 is 0 Å². The Morgan fingerprint density at radius 3 is 2.53 bits per heavy atom. The van der Waals surface area contributed by atoms with Gasteiger partial charge in [0.05, 0.1) is 17.2 Å². The van der Waals surface area contributed by atoms with E-state index in [9.17, 15) is 5.11 Å². The number of aryl methyl sites for hydroxylation is 2. The molecule has 0 atom stereocenters. The molecule has 0 unspecified atom stereocenters. The summed E-state index contributed by atoms with van der Waals surface area (Å²) in [6.45, 7) is 4.30. The van der Waals surface area contributed by atoms with Crippen LogP contribution in [-0.2, 0) is 13.0 Å². The van der Waals surface area contributed by atoms with Crippen molar-refractivity contribution in [3.63, 3.8) is 0 Å². The predicted molar refractivity (Wildman–Crippen MR) is 72.2 cm³/mol. The average molecular weight is 247 g/mol.